The van der Waals surface area contributed by atoms with Gasteiger partial charge in [-0.25, -0.2) is 8.42 Å². The Labute approximate surface area is 201 Å². The molecule has 0 radical (unpaired) electrons. The third-order valence-electron chi connectivity index (χ3n) is 8.47. The molecule has 4 nitrogen and oxygen atoms in total. The molecule has 0 aromatic heterocycles. The summed E-state index contributed by atoms with van der Waals surface area (Å²) in [6.07, 6.45) is 19.4. The number of rotatable bonds is 14. The second kappa shape index (κ2) is 14.0. The van der Waals surface area contributed by atoms with Gasteiger partial charge >= 0.3 is 0 Å². The lowest BCUT2D eigenvalue weighted by molar-refractivity contribution is -0.147. The molecule has 6 heteroatoms. The Kier molecular flexibility index (Phi) is 13.3. The summed E-state index contributed by atoms with van der Waals surface area (Å²) in [7, 11) is -5.11. The van der Waals surface area contributed by atoms with E-state index in [1.54, 1.807) is 24.6 Å². The molecule has 3 fully saturated rings. The van der Waals surface area contributed by atoms with Crippen LogP contribution in [0.3, 0.4) is 0 Å². The smallest absolute Gasteiger partial charge is 0.217 e. The number of hydrogen-bond donors (Lipinski definition) is 0. The van der Waals surface area contributed by atoms with Crippen LogP contribution in [0, 0.1) is 23.2 Å². The first-order valence-corrected chi connectivity index (χ1v) is 17.3. The van der Waals surface area contributed by atoms with Gasteiger partial charge in [0, 0.05) is 7.26 Å². The van der Waals surface area contributed by atoms with Crippen molar-refractivity contribution in [2.24, 2.45) is 23.2 Å². The van der Waals surface area contributed by atoms with Gasteiger partial charge in [0.2, 0.25) is 10.4 Å². The van der Waals surface area contributed by atoms with Crippen molar-refractivity contribution in [3.63, 3.8) is 0 Å². The van der Waals surface area contributed by atoms with Crippen molar-refractivity contribution >= 4 is 17.7 Å². The van der Waals surface area contributed by atoms with E-state index in [9.17, 15) is 13.0 Å². The molecule has 2 bridgehead atoms. The topological polar surface area (TPSA) is 66.4 Å². The van der Waals surface area contributed by atoms with Gasteiger partial charge in [0.1, 0.15) is 0 Å². The summed E-state index contributed by atoms with van der Waals surface area (Å²) in [5.41, 5.74) is 0.284. The summed E-state index contributed by atoms with van der Waals surface area (Å²) in [5.74, 6) is 1.15. The predicted octanol–water partition coefficient (Wildman–Crippen LogP) is 7.74. The van der Waals surface area contributed by atoms with Gasteiger partial charge in [0.15, 0.2) is 0 Å². The van der Waals surface area contributed by atoms with Crippen LogP contribution in [0.5, 0.6) is 0 Å². The zero-order chi connectivity index (χ0) is 24.4. The molecule has 3 saturated carbocycles. The Bertz CT molecular complexity index is 582. The summed E-state index contributed by atoms with van der Waals surface area (Å²) in [5, 5.41) is 0. The minimum absolute atomic E-state index is 0.161. The molecule has 0 heterocycles. The summed E-state index contributed by atoms with van der Waals surface area (Å²) in [6.45, 7) is 15.8. The first-order chi connectivity index (χ1) is 15.0. The number of fused-ring (bicyclic) bond motifs is 2. The van der Waals surface area contributed by atoms with Crippen molar-refractivity contribution in [1.29, 1.82) is 0 Å². The lowest BCUT2D eigenvalue weighted by Gasteiger charge is -2.61. The fourth-order valence-electron chi connectivity index (χ4n) is 6.03. The summed E-state index contributed by atoms with van der Waals surface area (Å²) in [6, 6.07) is 0. The number of hydrogen-bond acceptors (Lipinski definition) is 4. The Hall–Kier alpha value is 0.300. The molecule has 0 saturated heterocycles. The normalized spacial score (nSPS) is 26.8. The average Bonchev–Trinajstić information content (AvgIpc) is 2.73. The van der Waals surface area contributed by atoms with Crippen LogP contribution in [-0.2, 0) is 14.6 Å². The van der Waals surface area contributed by atoms with E-state index in [4.69, 9.17) is 0 Å². The highest BCUT2D eigenvalue weighted by Gasteiger charge is 2.57. The predicted molar refractivity (Wildman–Crippen MR) is 140 cm³/mol. The van der Waals surface area contributed by atoms with Crippen LogP contribution in [0.25, 0.3) is 0 Å². The van der Waals surface area contributed by atoms with Crippen LogP contribution in [0.1, 0.15) is 113 Å². The van der Waals surface area contributed by atoms with Gasteiger partial charge < -0.3 is 4.55 Å². The summed E-state index contributed by atoms with van der Waals surface area (Å²) >= 11 is 0. The average molecular weight is 493 g/mol. The van der Waals surface area contributed by atoms with Gasteiger partial charge in [-0.05, 0) is 61.7 Å². The first kappa shape index (κ1) is 30.3. The van der Waals surface area contributed by atoms with Crippen molar-refractivity contribution in [2.45, 2.75) is 119 Å². The molecule has 3 aliphatic carbocycles. The van der Waals surface area contributed by atoms with E-state index in [0.29, 0.717) is 18.3 Å². The third kappa shape index (κ3) is 9.16. The Morgan fingerprint density at radius 2 is 1.25 bits per heavy atom. The Morgan fingerprint density at radius 1 is 0.844 bits per heavy atom. The van der Waals surface area contributed by atoms with Crippen molar-refractivity contribution in [2.75, 3.05) is 24.6 Å². The van der Waals surface area contributed by atoms with Crippen molar-refractivity contribution < 1.29 is 17.2 Å². The molecule has 0 aromatic carbocycles. The molecule has 192 valence electrons. The molecule has 0 N–H and O–H groups in total. The van der Waals surface area contributed by atoms with E-state index in [2.05, 4.69) is 45.7 Å². The molecule has 32 heavy (non-hydrogen) atoms. The monoisotopic (exact) mass is 492 g/mol. The van der Waals surface area contributed by atoms with Crippen LogP contribution in [0.4, 0.5) is 0 Å². The second-order valence-corrected chi connectivity index (χ2v) is 16.6. The minimum atomic E-state index is -4.55. The maximum atomic E-state index is 10.6. The maximum Gasteiger partial charge on any atom is 0.217 e. The van der Waals surface area contributed by atoms with Crippen LogP contribution < -0.4 is 0 Å². The molecule has 0 aliphatic heterocycles. The molecule has 0 aromatic rings. The molecular formula is C26H53O4PS. The van der Waals surface area contributed by atoms with Gasteiger partial charge in [-0.1, -0.05) is 74.1 Å². The van der Waals surface area contributed by atoms with Crippen molar-refractivity contribution in [1.82, 2.24) is 0 Å². The molecular weight excluding hydrogens is 439 g/mol. The first-order valence-electron chi connectivity index (χ1n) is 13.5. The van der Waals surface area contributed by atoms with E-state index >= 15 is 0 Å². The van der Waals surface area contributed by atoms with Gasteiger partial charge in [0.05, 0.1) is 30.8 Å². The van der Waals surface area contributed by atoms with Crippen LogP contribution >= 0.6 is 7.26 Å². The number of unbranched alkanes of at least 4 members (excludes halogenated alkanes) is 4. The lowest BCUT2D eigenvalue weighted by atomic mass is 9.45. The highest BCUT2D eigenvalue weighted by atomic mass is 32.3. The largest absolute Gasteiger partial charge is 0.726 e. The quantitative estimate of drug-likeness (QED) is 0.141. The third-order valence-corrected chi connectivity index (χ3v) is 14.0. The summed E-state index contributed by atoms with van der Waals surface area (Å²) < 4.78 is 36.3. The van der Waals surface area contributed by atoms with E-state index in [-0.39, 0.29) is 11.3 Å². The van der Waals surface area contributed by atoms with Crippen LogP contribution in [0.2, 0.25) is 0 Å². The molecule has 3 rings (SSSR count). The van der Waals surface area contributed by atoms with E-state index < -0.39 is 23.8 Å². The van der Waals surface area contributed by atoms with E-state index in [1.165, 1.54) is 51.4 Å². The highest BCUT2D eigenvalue weighted by molar-refractivity contribution is 7.80. The maximum absolute atomic E-state index is 10.6. The van der Waals surface area contributed by atoms with Gasteiger partial charge in [-0.15, -0.1) is 0 Å². The lowest BCUT2D eigenvalue weighted by Crippen LogP contribution is -2.57. The molecule has 0 spiro atoms. The zero-order valence-electron chi connectivity index (χ0n) is 22.2. The summed E-state index contributed by atoms with van der Waals surface area (Å²) in [4.78, 5) is 0. The highest BCUT2D eigenvalue weighted by Crippen LogP contribution is 2.62. The molecule has 0 amide bonds. The zero-order valence-corrected chi connectivity index (χ0v) is 23.9. The SMILES string of the molecule is CCCC[P+](CCCC)(CCCC)CCCC.C[C@@H]1[C@@H](OS(=O)(=O)[O-])C[C@H]2C[C@@H]1C2(C)C. The van der Waals surface area contributed by atoms with Crippen LogP contribution in [-0.4, -0.2) is 43.7 Å². The molecule has 3 aliphatic rings. The van der Waals surface area contributed by atoms with Gasteiger partial charge in [-0.3, -0.25) is 4.18 Å². The van der Waals surface area contributed by atoms with Crippen molar-refractivity contribution in [3.8, 4) is 0 Å². The Balaban J connectivity index is 0.000000321. The van der Waals surface area contributed by atoms with Crippen LogP contribution in [0.15, 0.2) is 0 Å². The standard InChI is InChI=1S/C16H36P.C10H18O4S/c1-5-9-13-17(14-10-6-2,15-11-7-3)16-12-8-4;1-6-8-4-7(10(8,2)3)5-9(6)14-15(11,12)13/h5-16H2,1-4H3;6-9H,4-5H2,1-3H3,(H,11,12,13)/q+1;/p-1/t;6-,7+,8-,9-/m.0/s1. The minimum Gasteiger partial charge on any atom is -0.726 e. The fraction of sp³-hybridized carbons (Fsp3) is 1.00. The fourth-order valence-corrected chi connectivity index (χ4v) is 11.9. The van der Waals surface area contributed by atoms with Gasteiger partial charge in [0.25, 0.3) is 0 Å². The Morgan fingerprint density at radius 3 is 1.53 bits per heavy atom. The van der Waals surface area contributed by atoms with Crippen molar-refractivity contribution in [3.05, 3.63) is 0 Å². The molecule has 0 unspecified atom stereocenters. The molecule has 4 atom stereocenters. The van der Waals surface area contributed by atoms with Gasteiger partial charge in [-0.2, -0.15) is 0 Å². The van der Waals surface area contributed by atoms with E-state index in [1.807, 2.05) is 6.92 Å². The van der Waals surface area contributed by atoms with E-state index in [0.717, 1.165) is 6.42 Å². The second-order valence-electron chi connectivity index (χ2n) is 11.1.